The number of nitrogens with zero attached hydrogens (tertiary/aromatic N) is 1. The number of benzene rings is 2. The molecule has 6 nitrogen and oxygen atoms in total. The Labute approximate surface area is 169 Å². The number of carbonyl (C=O) groups is 2. The Kier molecular flexibility index (Phi) is 5.95. The van der Waals surface area contributed by atoms with Gasteiger partial charge in [0.2, 0.25) is 15.9 Å². The highest BCUT2D eigenvalue weighted by molar-refractivity contribution is 7.89. The lowest BCUT2D eigenvalue weighted by molar-refractivity contribution is -0.137. The van der Waals surface area contributed by atoms with Crippen LogP contribution in [0, 0.1) is 5.82 Å². The number of amides is 1. The number of nitrogens with one attached hydrogen (secondary N) is 1. The van der Waals surface area contributed by atoms with Gasteiger partial charge < -0.3 is 5.32 Å². The molecule has 1 aliphatic heterocycles. The van der Waals surface area contributed by atoms with Crippen LogP contribution in [-0.2, 0) is 25.8 Å². The number of para-hydroxylation sites is 1. The van der Waals surface area contributed by atoms with Gasteiger partial charge in [-0.1, -0.05) is 18.2 Å². The summed E-state index contributed by atoms with van der Waals surface area (Å²) in [5, 5.41) is 2.24. The van der Waals surface area contributed by atoms with Gasteiger partial charge in [0.25, 0.3) is 0 Å². The lowest BCUT2D eigenvalue weighted by Gasteiger charge is -2.33. The highest BCUT2D eigenvalue weighted by Crippen LogP contribution is 2.32. The molecule has 11 heteroatoms. The summed E-state index contributed by atoms with van der Waals surface area (Å²) in [5.41, 5.74) is -1.37. The number of alkyl halides is 3. The van der Waals surface area contributed by atoms with Crippen LogP contribution in [-0.4, -0.2) is 37.0 Å². The van der Waals surface area contributed by atoms with Gasteiger partial charge in [-0.25, -0.2) is 12.8 Å². The normalized spacial score (nSPS) is 18.3. The number of ketones is 1. The van der Waals surface area contributed by atoms with Gasteiger partial charge in [-0.3, -0.25) is 9.59 Å². The zero-order valence-corrected chi connectivity index (χ0v) is 16.1. The molecular formula is C19H16F4N2O4S. The van der Waals surface area contributed by atoms with Crippen LogP contribution in [0.5, 0.6) is 0 Å². The van der Waals surface area contributed by atoms with Gasteiger partial charge >= 0.3 is 6.18 Å². The van der Waals surface area contributed by atoms with Crippen molar-refractivity contribution in [2.24, 2.45) is 0 Å². The number of piperidine rings is 1. The molecule has 1 fully saturated rings. The van der Waals surface area contributed by atoms with Crippen molar-refractivity contribution in [1.82, 2.24) is 4.31 Å². The van der Waals surface area contributed by atoms with Crippen molar-refractivity contribution in [2.75, 3.05) is 11.9 Å². The number of carbonyl (C=O) groups excluding carboxylic acids is 2. The molecule has 1 unspecified atom stereocenters. The van der Waals surface area contributed by atoms with Crippen LogP contribution in [0.4, 0.5) is 23.2 Å². The molecule has 0 saturated carbocycles. The second-order valence-corrected chi connectivity index (χ2v) is 8.51. The molecule has 1 atom stereocenters. The highest BCUT2D eigenvalue weighted by Gasteiger charge is 2.41. The van der Waals surface area contributed by atoms with Gasteiger partial charge in [-0.15, -0.1) is 0 Å². The summed E-state index contributed by atoms with van der Waals surface area (Å²) in [4.78, 5) is 23.9. The summed E-state index contributed by atoms with van der Waals surface area (Å²) in [6.07, 6.45) is -5.43. The number of sulfonamides is 1. The van der Waals surface area contributed by atoms with Crippen LogP contribution < -0.4 is 5.32 Å². The van der Waals surface area contributed by atoms with E-state index in [1.165, 1.54) is 18.2 Å². The van der Waals surface area contributed by atoms with Gasteiger partial charge in [0.05, 0.1) is 16.1 Å². The van der Waals surface area contributed by atoms with Crippen molar-refractivity contribution >= 4 is 27.4 Å². The molecule has 0 spiro atoms. The topological polar surface area (TPSA) is 83.6 Å². The van der Waals surface area contributed by atoms with Crippen LogP contribution in [0.1, 0.15) is 18.4 Å². The van der Waals surface area contributed by atoms with E-state index in [-0.39, 0.29) is 24.4 Å². The molecule has 1 saturated heterocycles. The van der Waals surface area contributed by atoms with E-state index < -0.39 is 50.8 Å². The van der Waals surface area contributed by atoms with Gasteiger partial charge in [0, 0.05) is 19.4 Å². The van der Waals surface area contributed by atoms with E-state index in [9.17, 15) is 35.6 Å². The lowest BCUT2D eigenvalue weighted by atomic mass is 10.0. The summed E-state index contributed by atoms with van der Waals surface area (Å²) < 4.78 is 79.5. The van der Waals surface area contributed by atoms with Crippen molar-refractivity contribution < 1.29 is 35.6 Å². The second kappa shape index (κ2) is 8.15. The van der Waals surface area contributed by atoms with Crippen LogP contribution in [0.2, 0.25) is 0 Å². The molecular weight excluding hydrogens is 428 g/mol. The number of hydrogen-bond donors (Lipinski definition) is 1. The first kappa shape index (κ1) is 21.9. The maximum atomic E-state index is 13.8. The molecule has 2 aromatic rings. The molecule has 2 aromatic carbocycles. The quantitative estimate of drug-likeness (QED) is 0.735. The Morgan fingerprint density at radius 2 is 1.80 bits per heavy atom. The number of halogens is 4. The van der Waals surface area contributed by atoms with Gasteiger partial charge in [-0.05, 0) is 30.3 Å². The summed E-state index contributed by atoms with van der Waals surface area (Å²) in [6, 6.07) is 6.76. The molecule has 1 N–H and O–H groups in total. The van der Waals surface area contributed by atoms with Crippen LogP contribution in [0.25, 0.3) is 0 Å². The predicted octanol–water partition coefficient (Wildman–Crippen LogP) is 3.21. The van der Waals surface area contributed by atoms with E-state index in [0.717, 1.165) is 24.3 Å². The predicted molar refractivity (Wildman–Crippen MR) is 98.4 cm³/mol. The Hall–Kier alpha value is -2.79. The van der Waals surface area contributed by atoms with Gasteiger partial charge in [0.15, 0.2) is 0 Å². The first-order valence-corrected chi connectivity index (χ1v) is 10.2. The second-order valence-electron chi connectivity index (χ2n) is 6.62. The fourth-order valence-corrected chi connectivity index (χ4v) is 4.70. The van der Waals surface area contributed by atoms with Crippen molar-refractivity contribution in [3.05, 3.63) is 59.9 Å². The molecule has 0 aromatic heterocycles. The largest absolute Gasteiger partial charge is 0.416 e. The average Bonchev–Trinajstić information content (AvgIpc) is 2.69. The Morgan fingerprint density at radius 1 is 1.10 bits per heavy atom. The summed E-state index contributed by atoms with van der Waals surface area (Å²) >= 11 is 0. The van der Waals surface area contributed by atoms with E-state index in [1.54, 1.807) is 0 Å². The third-order valence-electron chi connectivity index (χ3n) is 4.58. The van der Waals surface area contributed by atoms with E-state index in [4.69, 9.17) is 0 Å². The summed E-state index contributed by atoms with van der Waals surface area (Å²) in [7, 11) is -4.54. The maximum absolute atomic E-state index is 13.8. The highest BCUT2D eigenvalue weighted by atomic mass is 32.2. The number of rotatable bonds is 4. The fraction of sp³-hybridized carbons (Fsp3) is 0.263. The first-order valence-electron chi connectivity index (χ1n) is 8.76. The zero-order chi connectivity index (χ0) is 22.1. The molecule has 0 radical (unpaired) electrons. The van der Waals surface area contributed by atoms with Crippen LogP contribution >= 0.6 is 0 Å². The summed E-state index contributed by atoms with van der Waals surface area (Å²) in [6.45, 7) is -0.382. The molecule has 160 valence electrons. The van der Waals surface area contributed by atoms with Gasteiger partial charge in [0.1, 0.15) is 17.6 Å². The van der Waals surface area contributed by atoms with Crippen molar-refractivity contribution in [1.29, 1.82) is 0 Å². The zero-order valence-electron chi connectivity index (χ0n) is 15.3. The SMILES string of the molecule is O=C1CCN(S(=O)(=O)c2cccc(C(F)(F)F)c2)C(C(=O)Nc2ccccc2F)C1. The molecule has 0 bridgehead atoms. The Bertz CT molecular complexity index is 1090. The smallest absolute Gasteiger partial charge is 0.322 e. The minimum atomic E-state index is -4.76. The van der Waals surface area contributed by atoms with Crippen molar-refractivity contribution in [3.63, 3.8) is 0 Å². The number of Topliss-reactive ketones (excluding diaryl/α,β-unsaturated/α-hetero) is 1. The third-order valence-corrected chi connectivity index (χ3v) is 6.49. The van der Waals surface area contributed by atoms with Crippen molar-refractivity contribution in [2.45, 2.75) is 30.0 Å². The van der Waals surface area contributed by atoms with E-state index in [2.05, 4.69) is 5.32 Å². The van der Waals surface area contributed by atoms with Crippen LogP contribution in [0.3, 0.4) is 0 Å². The first-order chi connectivity index (χ1) is 14.0. The fourth-order valence-electron chi connectivity index (χ4n) is 3.07. The lowest BCUT2D eigenvalue weighted by Crippen LogP contribution is -2.52. The summed E-state index contributed by atoms with van der Waals surface area (Å²) in [5.74, 6) is -2.11. The maximum Gasteiger partial charge on any atom is 0.416 e. The number of hydrogen-bond acceptors (Lipinski definition) is 4. The average molecular weight is 444 g/mol. The molecule has 30 heavy (non-hydrogen) atoms. The third kappa shape index (κ3) is 4.51. The number of anilines is 1. The Balaban J connectivity index is 1.94. The minimum absolute atomic E-state index is 0.193. The van der Waals surface area contributed by atoms with Crippen LogP contribution in [0.15, 0.2) is 53.4 Å². The molecule has 1 amide bonds. The molecule has 1 heterocycles. The Morgan fingerprint density at radius 3 is 2.47 bits per heavy atom. The van der Waals surface area contributed by atoms with Crippen molar-refractivity contribution in [3.8, 4) is 0 Å². The monoisotopic (exact) mass is 444 g/mol. The van der Waals surface area contributed by atoms with E-state index >= 15 is 0 Å². The van der Waals surface area contributed by atoms with E-state index in [1.807, 2.05) is 0 Å². The molecule has 0 aliphatic carbocycles. The molecule has 3 rings (SSSR count). The van der Waals surface area contributed by atoms with E-state index in [0.29, 0.717) is 10.4 Å². The van der Waals surface area contributed by atoms with Gasteiger partial charge in [-0.2, -0.15) is 17.5 Å². The molecule has 1 aliphatic rings. The minimum Gasteiger partial charge on any atom is -0.322 e. The standard InChI is InChI=1S/C19H16F4N2O4S/c20-15-6-1-2-7-16(15)24-18(27)17-11-13(26)8-9-25(17)30(28,29)14-5-3-4-12(10-14)19(21,22)23/h1-7,10,17H,8-9,11H2,(H,24,27).